The van der Waals surface area contributed by atoms with Crippen molar-refractivity contribution in [2.75, 3.05) is 0 Å². The minimum atomic E-state index is -0.611. The van der Waals surface area contributed by atoms with Gasteiger partial charge in [0, 0.05) is 12.4 Å². The van der Waals surface area contributed by atoms with Crippen LogP contribution in [-0.2, 0) is 7.05 Å². The zero-order valence-corrected chi connectivity index (χ0v) is 7.56. The Morgan fingerprint density at radius 1 is 1.77 bits per heavy atom. The van der Waals surface area contributed by atoms with E-state index in [0.29, 0.717) is 15.9 Å². The van der Waals surface area contributed by atoms with E-state index in [1.165, 1.54) is 15.9 Å². The van der Waals surface area contributed by atoms with Crippen molar-refractivity contribution in [3.05, 3.63) is 16.3 Å². The zero-order valence-electron chi connectivity index (χ0n) is 6.74. The van der Waals surface area contributed by atoms with Gasteiger partial charge in [-0.3, -0.25) is 4.79 Å². The molecule has 0 saturated heterocycles. The summed E-state index contributed by atoms with van der Waals surface area (Å²) in [4.78, 5) is 14.8. The second-order valence-electron chi connectivity index (χ2n) is 2.60. The van der Waals surface area contributed by atoms with Crippen molar-refractivity contribution in [2.24, 2.45) is 12.8 Å². The molecule has 0 bridgehead atoms. The van der Waals surface area contributed by atoms with Crippen LogP contribution in [0.4, 0.5) is 4.39 Å². The molecule has 2 aromatic heterocycles. The number of rotatable bonds is 1. The number of aryl methyl sites for hydroxylation is 1. The van der Waals surface area contributed by atoms with Gasteiger partial charge in [-0.2, -0.15) is 4.39 Å². The standard InChI is InChI=1S/C7H6FN3OS/c1-11-3-2-13-5(6(9)12)4(3)10-7(11)8/h2H,1H3,(H2,9,12). The van der Waals surface area contributed by atoms with E-state index in [9.17, 15) is 9.18 Å². The van der Waals surface area contributed by atoms with E-state index in [0.717, 1.165) is 0 Å². The quantitative estimate of drug-likeness (QED) is 0.740. The number of imidazole rings is 1. The summed E-state index contributed by atoms with van der Waals surface area (Å²) >= 11 is 1.18. The van der Waals surface area contributed by atoms with Crippen LogP contribution in [0.15, 0.2) is 5.38 Å². The van der Waals surface area contributed by atoms with Gasteiger partial charge in [0.1, 0.15) is 10.4 Å². The van der Waals surface area contributed by atoms with Crippen LogP contribution in [-0.4, -0.2) is 15.5 Å². The summed E-state index contributed by atoms with van der Waals surface area (Å²) in [5.74, 6) is -0.571. The Labute approximate surface area is 76.8 Å². The average Bonchev–Trinajstić information content (AvgIpc) is 2.55. The molecule has 0 aromatic carbocycles. The Bertz CT molecular complexity index is 487. The first kappa shape index (κ1) is 8.18. The summed E-state index contributed by atoms with van der Waals surface area (Å²) in [5.41, 5.74) is 6.02. The molecule has 0 saturated carbocycles. The summed E-state index contributed by atoms with van der Waals surface area (Å²) in [6, 6.07) is 0. The average molecular weight is 199 g/mol. The van der Waals surface area contributed by atoms with Crippen molar-refractivity contribution >= 4 is 28.3 Å². The number of nitrogens with zero attached hydrogens (tertiary/aromatic N) is 2. The van der Waals surface area contributed by atoms with Crippen molar-refractivity contribution in [3.63, 3.8) is 0 Å². The van der Waals surface area contributed by atoms with Gasteiger partial charge in [-0.1, -0.05) is 0 Å². The van der Waals surface area contributed by atoms with Gasteiger partial charge in [-0.15, -0.1) is 11.3 Å². The number of hydrogen-bond donors (Lipinski definition) is 1. The van der Waals surface area contributed by atoms with Gasteiger partial charge in [0.15, 0.2) is 0 Å². The smallest absolute Gasteiger partial charge is 0.290 e. The van der Waals surface area contributed by atoms with Gasteiger partial charge in [0.25, 0.3) is 12.0 Å². The Balaban J connectivity index is 2.82. The lowest BCUT2D eigenvalue weighted by Crippen LogP contribution is -2.08. The predicted molar refractivity (Wildman–Crippen MR) is 47.1 cm³/mol. The van der Waals surface area contributed by atoms with Gasteiger partial charge in [-0.05, 0) is 0 Å². The van der Waals surface area contributed by atoms with Crippen molar-refractivity contribution in [1.29, 1.82) is 0 Å². The van der Waals surface area contributed by atoms with Gasteiger partial charge >= 0.3 is 0 Å². The monoisotopic (exact) mass is 199 g/mol. The molecule has 2 rings (SSSR count). The molecule has 2 aromatic rings. The maximum Gasteiger partial charge on any atom is 0.290 e. The van der Waals surface area contributed by atoms with Gasteiger partial charge in [0.05, 0.1) is 5.52 Å². The lowest BCUT2D eigenvalue weighted by Gasteiger charge is -1.87. The van der Waals surface area contributed by atoms with Gasteiger partial charge in [-0.25, -0.2) is 4.98 Å². The topological polar surface area (TPSA) is 60.9 Å². The lowest BCUT2D eigenvalue weighted by atomic mass is 10.4. The van der Waals surface area contributed by atoms with Crippen molar-refractivity contribution in [3.8, 4) is 0 Å². The first-order chi connectivity index (χ1) is 6.11. The summed E-state index contributed by atoms with van der Waals surface area (Å²) < 4.78 is 14.2. The molecule has 0 atom stereocenters. The first-order valence-corrected chi connectivity index (χ1v) is 4.38. The minimum Gasteiger partial charge on any atom is -0.365 e. The SMILES string of the molecule is Cn1c(F)nc2c(C(N)=O)scc21. The van der Waals surface area contributed by atoms with E-state index in [2.05, 4.69) is 4.98 Å². The molecule has 2 heterocycles. The fraction of sp³-hybridized carbons (Fsp3) is 0.143. The number of nitrogens with two attached hydrogens (primary N) is 1. The summed E-state index contributed by atoms with van der Waals surface area (Å²) in [5, 5.41) is 1.66. The Morgan fingerprint density at radius 2 is 2.46 bits per heavy atom. The molecule has 0 aliphatic heterocycles. The fourth-order valence-electron chi connectivity index (χ4n) is 1.13. The third kappa shape index (κ3) is 1.02. The third-order valence-corrected chi connectivity index (χ3v) is 2.78. The van der Waals surface area contributed by atoms with Crippen molar-refractivity contribution in [1.82, 2.24) is 9.55 Å². The molecule has 0 spiro atoms. The number of aromatic nitrogens is 2. The van der Waals surface area contributed by atoms with Gasteiger partial charge in [0.2, 0.25) is 0 Å². The summed E-state index contributed by atoms with van der Waals surface area (Å²) in [6.45, 7) is 0. The molecule has 4 nitrogen and oxygen atoms in total. The third-order valence-electron chi connectivity index (χ3n) is 1.81. The molecule has 6 heteroatoms. The normalized spacial score (nSPS) is 10.9. The molecular formula is C7H6FN3OS. The van der Waals surface area contributed by atoms with Crippen molar-refractivity contribution in [2.45, 2.75) is 0 Å². The molecular weight excluding hydrogens is 193 g/mol. The van der Waals surface area contributed by atoms with E-state index >= 15 is 0 Å². The van der Waals surface area contributed by atoms with E-state index in [1.54, 1.807) is 12.4 Å². The largest absolute Gasteiger partial charge is 0.365 e. The van der Waals surface area contributed by atoms with E-state index in [-0.39, 0.29) is 0 Å². The van der Waals surface area contributed by atoms with Crippen molar-refractivity contribution < 1.29 is 9.18 Å². The van der Waals surface area contributed by atoms with Crippen LogP contribution in [0.3, 0.4) is 0 Å². The second-order valence-corrected chi connectivity index (χ2v) is 3.48. The Kier molecular flexibility index (Phi) is 1.59. The maximum absolute atomic E-state index is 12.9. The highest BCUT2D eigenvalue weighted by Crippen LogP contribution is 2.24. The number of halogens is 1. The minimum absolute atomic E-state index is 0.300. The van der Waals surface area contributed by atoms with Crippen LogP contribution >= 0.6 is 11.3 Å². The summed E-state index contributed by atoms with van der Waals surface area (Å²) in [7, 11) is 1.54. The lowest BCUT2D eigenvalue weighted by molar-refractivity contribution is 0.101. The number of primary amides is 1. The number of amides is 1. The Morgan fingerprint density at radius 3 is 3.08 bits per heavy atom. The van der Waals surface area contributed by atoms with Crippen LogP contribution in [0.1, 0.15) is 9.67 Å². The summed E-state index contributed by atoms with van der Waals surface area (Å²) in [6.07, 6.45) is -0.611. The number of fused-ring (bicyclic) bond motifs is 1. The van der Waals surface area contributed by atoms with Crippen LogP contribution in [0.2, 0.25) is 0 Å². The molecule has 0 aliphatic rings. The zero-order chi connectivity index (χ0) is 9.59. The number of carbonyl (C=O) groups excluding carboxylic acids is 1. The van der Waals surface area contributed by atoms with Crippen LogP contribution in [0.25, 0.3) is 11.0 Å². The molecule has 13 heavy (non-hydrogen) atoms. The number of thiophene rings is 1. The van der Waals surface area contributed by atoms with Crippen LogP contribution < -0.4 is 5.73 Å². The highest BCUT2D eigenvalue weighted by molar-refractivity contribution is 7.13. The molecule has 2 N–H and O–H groups in total. The van der Waals surface area contributed by atoms with Crippen LogP contribution in [0, 0.1) is 6.08 Å². The van der Waals surface area contributed by atoms with Gasteiger partial charge < -0.3 is 10.3 Å². The fourth-order valence-corrected chi connectivity index (χ4v) is 2.01. The molecule has 68 valence electrons. The molecule has 0 unspecified atom stereocenters. The van der Waals surface area contributed by atoms with E-state index in [4.69, 9.17) is 5.73 Å². The predicted octanol–water partition coefficient (Wildman–Crippen LogP) is 0.873. The highest BCUT2D eigenvalue weighted by atomic mass is 32.1. The van der Waals surface area contributed by atoms with Crippen LogP contribution in [0.5, 0.6) is 0 Å². The van der Waals surface area contributed by atoms with E-state index < -0.39 is 12.0 Å². The van der Waals surface area contributed by atoms with E-state index in [1.807, 2.05) is 0 Å². The highest BCUT2D eigenvalue weighted by Gasteiger charge is 2.16. The first-order valence-electron chi connectivity index (χ1n) is 3.50. The maximum atomic E-state index is 12.9. The molecule has 0 aliphatic carbocycles. The second kappa shape index (κ2) is 2.53. The molecule has 1 amide bonds. The number of carbonyl (C=O) groups is 1. The molecule has 0 fully saturated rings. The Hall–Kier alpha value is -1.43. The molecule has 0 radical (unpaired) electrons. The number of hydrogen-bond acceptors (Lipinski definition) is 3.